The Balaban J connectivity index is 1.64. The Bertz CT molecular complexity index is 631. The molecule has 110 valence electrons. The van der Waals surface area contributed by atoms with E-state index in [9.17, 15) is 0 Å². The van der Waals surface area contributed by atoms with Gasteiger partial charge in [-0.25, -0.2) is 4.98 Å². The topological polar surface area (TPSA) is 34.1 Å². The lowest BCUT2D eigenvalue weighted by Crippen LogP contribution is -2.16. The van der Waals surface area contributed by atoms with Crippen LogP contribution < -0.4 is 10.1 Å². The molecule has 1 aliphatic carbocycles. The smallest absolute Gasteiger partial charge is 0.213 e. The molecule has 3 nitrogen and oxygen atoms in total. The molecule has 3 rings (SSSR count). The van der Waals surface area contributed by atoms with Crippen LogP contribution in [0.3, 0.4) is 0 Å². The number of aromatic nitrogens is 1. The number of ether oxygens (including phenoxy) is 1. The van der Waals surface area contributed by atoms with E-state index in [1.807, 2.05) is 30.3 Å². The summed E-state index contributed by atoms with van der Waals surface area (Å²) >= 11 is 9.69. The largest absolute Gasteiger partial charge is 0.473 e. The first kappa shape index (κ1) is 14.8. The van der Waals surface area contributed by atoms with Gasteiger partial charge in [0, 0.05) is 28.7 Å². The zero-order valence-electron chi connectivity index (χ0n) is 11.5. The van der Waals surface area contributed by atoms with Gasteiger partial charge >= 0.3 is 0 Å². The van der Waals surface area contributed by atoms with Gasteiger partial charge in [0.15, 0.2) is 0 Å². The summed E-state index contributed by atoms with van der Waals surface area (Å²) in [6.45, 7) is 1.17. The number of halogens is 2. The highest BCUT2D eigenvalue weighted by atomic mass is 79.9. The fourth-order valence-corrected chi connectivity index (χ4v) is 2.54. The molecular formula is C16H16BrClN2O. The van der Waals surface area contributed by atoms with E-state index in [1.54, 1.807) is 6.07 Å². The molecule has 0 aliphatic heterocycles. The third kappa shape index (κ3) is 4.19. The number of pyridine rings is 1. The molecule has 0 spiro atoms. The van der Waals surface area contributed by atoms with E-state index in [0.29, 0.717) is 30.1 Å². The molecular weight excluding hydrogens is 352 g/mol. The molecule has 1 N–H and O–H groups in total. The second-order valence-corrected chi connectivity index (χ2v) is 6.37. The number of nitrogens with one attached hydrogen (secondary N) is 1. The molecule has 0 atom stereocenters. The lowest BCUT2D eigenvalue weighted by molar-refractivity contribution is 0.292. The van der Waals surface area contributed by atoms with Gasteiger partial charge in [-0.3, -0.25) is 0 Å². The van der Waals surface area contributed by atoms with Crippen molar-refractivity contribution < 1.29 is 4.74 Å². The van der Waals surface area contributed by atoms with Crippen LogP contribution in [0.2, 0.25) is 5.02 Å². The molecule has 1 fully saturated rings. The summed E-state index contributed by atoms with van der Waals surface area (Å²) < 4.78 is 6.80. The lowest BCUT2D eigenvalue weighted by Gasteiger charge is -2.10. The summed E-state index contributed by atoms with van der Waals surface area (Å²) in [5.41, 5.74) is 1.93. The van der Waals surface area contributed by atoms with E-state index in [-0.39, 0.29) is 0 Å². The fourth-order valence-electron chi connectivity index (χ4n) is 1.96. The average Bonchev–Trinajstić information content (AvgIpc) is 3.31. The Morgan fingerprint density at radius 3 is 2.81 bits per heavy atom. The van der Waals surface area contributed by atoms with Crippen molar-refractivity contribution in [2.24, 2.45) is 0 Å². The summed E-state index contributed by atoms with van der Waals surface area (Å²) in [6, 6.07) is 12.3. The molecule has 5 heteroatoms. The maximum Gasteiger partial charge on any atom is 0.213 e. The van der Waals surface area contributed by atoms with Crippen LogP contribution in [0.25, 0.3) is 0 Å². The van der Waals surface area contributed by atoms with Crippen LogP contribution in [-0.4, -0.2) is 11.0 Å². The van der Waals surface area contributed by atoms with E-state index in [4.69, 9.17) is 16.3 Å². The lowest BCUT2D eigenvalue weighted by atomic mass is 10.2. The summed E-state index contributed by atoms with van der Waals surface area (Å²) in [6.07, 6.45) is 2.49. The van der Waals surface area contributed by atoms with Crippen LogP contribution in [0.4, 0.5) is 0 Å². The summed E-state index contributed by atoms with van der Waals surface area (Å²) in [4.78, 5) is 4.48. The van der Waals surface area contributed by atoms with Gasteiger partial charge in [0.1, 0.15) is 6.61 Å². The van der Waals surface area contributed by atoms with Crippen LogP contribution in [0, 0.1) is 0 Å². The van der Waals surface area contributed by atoms with Crippen molar-refractivity contribution in [1.82, 2.24) is 10.3 Å². The minimum Gasteiger partial charge on any atom is -0.473 e. The quantitative estimate of drug-likeness (QED) is 0.825. The van der Waals surface area contributed by atoms with E-state index < -0.39 is 0 Å². The maximum absolute atomic E-state index is 6.18. The van der Waals surface area contributed by atoms with Crippen LogP contribution in [0.15, 0.2) is 40.9 Å². The third-order valence-corrected chi connectivity index (χ3v) is 4.48. The molecule has 1 aromatic heterocycles. The molecule has 1 aromatic carbocycles. The first-order valence-corrected chi connectivity index (χ1v) is 8.14. The summed E-state index contributed by atoms with van der Waals surface area (Å²) in [5, 5.41) is 4.09. The second kappa shape index (κ2) is 6.77. The molecule has 2 aromatic rings. The highest BCUT2D eigenvalue weighted by molar-refractivity contribution is 9.10. The minimum atomic E-state index is 0.478. The predicted molar refractivity (Wildman–Crippen MR) is 87.6 cm³/mol. The monoisotopic (exact) mass is 366 g/mol. The molecule has 21 heavy (non-hydrogen) atoms. The molecule has 0 unspecified atom stereocenters. The third-order valence-electron chi connectivity index (χ3n) is 3.36. The number of hydrogen-bond donors (Lipinski definition) is 1. The molecule has 1 saturated carbocycles. The number of hydrogen-bond acceptors (Lipinski definition) is 3. The Kier molecular flexibility index (Phi) is 4.78. The second-order valence-electron chi connectivity index (χ2n) is 5.11. The van der Waals surface area contributed by atoms with E-state index in [0.717, 1.165) is 15.7 Å². The Hall–Kier alpha value is -1.10. The first-order valence-electron chi connectivity index (χ1n) is 6.97. The van der Waals surface area contributed by atoms with Gasteiger partial charge in [-0.2, -0.15) is 0 Å². The molecule has 0 bridgehead atoms. The van der Waals surface area contributed by atoms with Crippen LogP contribution in [0.5, 0.6) is 5.88 Å². The number of rotatable bonds is 6. The van der Waals surface area contributed by atoms with Gasteiger partial charge in [0.25, 0.3) is 0 Å². The van der Waals surface area contributed by atoms with Crippen molar-refractivity contribution in [2.45, 2.75) is 32.0 Å². The SMILES string of the molecule is Clc1ccc(OCc2ccccc2Br)nc1CNC1CC1. The molecule has 1 aliphatic rings. The van der Waals surface area contributed by atoms with E-state index >= 15 is 0 Å². The number of benzene rings is 1. The van der Waals surface area contributed by atoms with Gasteiger partial charge in [0.2, 0.25) is 5.88 Å². The van der Waals surface area contributed by atoms with Gasteiger partial charge in [-0.1, -0.05) is 45.7 Å². The van der Waals surface area contributed by atoms with Crippen molar-refractivity contribution in [1.29, 1.82) is 0 Å². The molecule has 0 radical (unpaired) electrons. The van der Waals surface area contributed by atoms with E-state index in [1.165, 1.54) is 12.8 Å². The highest BCUT2D eigenvalue weighted by Crippen LogP contribution is 2.23. The maximum atomic E-state index is 6.18. The summed E-state index contributed by atoms with van der Waals surface area (Å²) in [7, 11) is 0. The Labute approximate surface area is 137 Å². The zero-order valence-corrected chi connectivity index (χ0v) is 13.8. The Morgan fingerprint density at radius 2 is 2.05 bits per heavy atom. The van der Waals surface area contributed by atoms with Crippen molar-refractivity contribution in [3.05, 3.63) is 57.2 Å². The van der Waals surface area contributed by atoms with Gasteiger partial charge in [-0.15, -0.1) is 0 Å². The normalized spacial score (nSPS) is 14.2. The average molecular weight is 368 g/mol. The highest BCUT2D eigenvalue weighted by Gasteiger charge is 2.20. The standard InChI is InChI=1S/C16H16BrClN2O/c17-13-4-2-1-3-11(13)10-21-16-8-7-14(18)15(20-16)9-19-12-5-6-12/h1-4,7-8,12,19H,5-6,9-10H2. The summed E-state index contributed by atoms with van der Waals surface area (Å²) in [5.74, 6) is 0.600. The fraction of sp³-hybridized carbons (Fsp3) is 0.312. The zero-order chi connectivity index (χ0) is 14.7. The van der Waals surface area contributed by atoms with Crippen LogP contribution in [-0.2, 0) is 13.2 Å². The number of nitrogens with zero attached hydrogens (tertiary/aromatic N) is 1. The minimum absolute atomic E-state index is 0.478. The Morgan fingerprint density at radius 1 is 1.24 bits per heavy atom. The molecule has 1 heterocycles. The van der Waals surface area contributed by atoms with Crippen LogP contribution >= 0.6 is 27.5 Å². The van der Waals surface area contributed by atoms with Gasteiger partial charge in [-0.05, 0) is 25.0 Å². The van der Waals surface area contributed by atoms with Crippen molar-refractivity contribution >= 4 is 27.5 Å². The van der Waals surface area contributed by atoms with Gasteiger partial charge < -0.3 is 10.1 Å². The van der Waals surface area contributed by atoms with Gasteiger partial charge in [0.05, 0.1) is 10.7 Å². The van der Waals surface area contributed by atoms with E-state index in [2.05, 4.69) is 26.2 Å². The van der Waals surface area contributed by atoms with Crippen molar-refractivity contribution in [2.75, 3.05) is 0 Å². The van der Waals surface area contributed by atoms with Crippen molar-refractivity contribution in [3.63, 3.8) is 0 Å². The van der Waals surface area contributed by atoms with Crippen molar-refractivity contribution in [3.8, 4) is 5.88 Å². The predicted octanol–water partition coefficient (Wildman–Crippen LogP) is 4.33. The first-order chi connectivity index (χ1) is 10.2. The molecule has 0 amide bonds. The van der Waals surface area contributed by atoms with Crippen LogP contribution in [0.1, 0.15) is 24.1 Å². The molecule has 0 saturated heterocycles.